The van der Waals surface area contributed by atoms with Crippen LogP contribution in [-0.2, 0) is 41.7 Å². The smallest absolute Gasteiger partial charge is 0.305 e. The van der Waals surface area contributed by atoms with Gasteiger partial charge in [-0.15, -0.1) is 10.2 Å². The molecule has 15 heteroatoms. The van der Waals surface area contributed by atoms with E-state index in [1.54, 1.807) is 26.0 Å². The number of H-pyrrole nitrogens is 1. The number of esters is 1. The standard InChI is InChI=1S/C23H31N9O6/c1-12(2)19(26-13(3)33)22(36)27-15(7-8-18(34)38-4)23(37)32-16(10-14-6-5-9-24-20(14)32)21(35)25-11-17-28-30-31-29-17/h5-6,9,12,15-16,19H,7-8,10-11H2,1-4H3,(H,25,35)(H,26,33)(H,27,36)(H,28,29,30,31)/t15-,16-,19-/m0/s1. The topological polar surface area (TPSA) is 201 Å². The van der Waals surface area contributed by atoms with Gasteiger partial charge in [-0.25, -0.2) is 4.98 Å². The molecule has 0 aliphatic carbocycles. The van der Waals surface area contributed by atoms with Gasteiger partial charge in [0.15, 0.2) is 5.82 Å². The van der Waals surface area contributed by atoms with Gasteiger partial charge in [-0.2, -0.15) is 5.21 Å². The molecule has 0 unspecified atom stereocenters. The lowest BCUT2D eigenvalue weighted by Gasteiger charge is -2.30. The minimum Gasteiger partial charge on any atom is -0.469 e. The number of rotatable bonds is 11. The molecule has 3 rings (SSSR count). The van der Waals surface area contributed by atoms with Gasteiger partial charge < -0.3 is 20.7 Å². The highest BCUT2D eigenvalue weighted by atomic mass is 16.5. The van der Waals surface area contributed by atoms with Crippen LogP contribution in [0, 0.1) is 5.92 Å². The van der Waals surface area contributed by atoms with E-state index < -0.39 is 47.7 Å². The number of fused-ring (bicyclic) bond motifs is 1. The molecular formula is C23H31N9O6. The van der Waals surface area contributed by atoms with Crippen molar-refractivity contribution in [2.75, 3.05) is 12.0 Å². The lowest BCUT2D eigenvalue weighted by Crippen LogP contribution is -2.58. The number of methoxy groups -OCH3 is 1. The van der Waals surface area contributed by atoms with Crippen LogP contribution >= 0.6 is 0 Å². The molecule has 0 spiro atoms. The highest BCUT2D eigenvalue weighted by Crippen LogP contribution is 2.31. The van der Waals surface area contributed by atoms with Crippen molar-refractivity contribution in [2.24, 2.45) is 5.92 Å². The molecule has 0 bridgehead atoms. The van der Waals surface area contributed by atoms with Crippen LogP contribution in [0.25, 0.3) is 0 Å². The SMILES string of the molecule is COC(=O)CC[C@H](NC(=O)[C@@H](NC(C)=O)C(C)C)C(=O)N1c2ncccc2C[C@H]1C(=O)NCc1nn[nH]n1. The maximum atomic E-state index is 13.9. The third-order valence-corrected chi connectivity index (χ3v) is 5.96. The van der Waals surface area contributed by atoms with Crippen LogP contribution in [0.1, 0.15) is 45.0 Å². The van der Waals surface area contributed by atoms with Crippen LogP contribution in [0.2, 0.25) is 0 Å². The Morgan fingerprint density at radius 3 is 2.61 bits per heavy atom. The Balaban J connectivity index is 1.88. The summed E-state index contributed by atoms with van der Waals surface area (Å²) in [5, 5.41) is 21.2. The van der Waals surface area contributed by atoms with E-state index in [0.717, 1.165) is 0 Å². The summed E-state index contributed by atoms with van der Waals surface area (Å²) < 4.78 is 4.70. The summed E-state index contributed by atoms with van der Waals surface area (Å²) in [6.07, 6.45) is 1.41. The van der Waals surface area contributed by atoms with E-state index in [0.29, 0.717) is 5.56 Å². The summed E-state index contributed by atoms with van der Waals surface area (Å²) in [5.74, 6) is -2.46. The van der Waals surface area contributed by atoms with Crippen LogP contribution in [0.4, 0.5) is 5.82 Å². The summed E-state index contributed by atoms with van der Waals surface area (Å²) >= 11 is 0. The van der Waals surface area contributed by atoms with E-state index in [2.05, 4.69) is 41.6 Å². The minimum atomic E-state index is -1.21. The van der Waals surface area contributed by atoms with Crippen molar-refractivity contribution in [2.45, 2.75) is 64.7 Å². The van der Waals surface area contributed by atoms with E-state index in [-0.39, 0.29) is 43.4 Å². The number of amides is 4. The van der Waals surface area contributed by atoms with Crippen molar-refractivity contribution in [1.29, 1.82) is 0 Å². The quantitative estimate of drug-likeness (QED) is 0.255. The Hall–Kier alpha value is -4.43. The number of carbonyl (C=O) groups is 5. The Labute approximate surface area is 218 Å². The van der Waals surface area contributed by atoms with Gasteiger partial charge >= 0.3 is 5.97 Å². The number of hydrogen-bond acceptors (Lipinski definition) is 10. The van der Waals surface area contributed by atoms with Gasteiger partial charge in [0, 0.05) is 26.0 Å². The lowest BCUT2D eigenvalue weighted by atomic mass is 10.0. The number of nitrogens with one attached hydrogen (secondary N) is 4. The molecule has 3 atom stereocenters. The maximum Gasteiger partial charge on any atom is 0.305 e. The number of carbonyl (C=O) groups excluding carboxylic acids is 5. The first-order chi connectivity index (χ1) is 18.1. The number of tetrazole rings is 1. The van der Waals surface area contributed by atoms with Crippen LogP contribution in [-0.4, -0.2) is 80.4 Å². The van der Waals surface area contributed by atoms with Crippen molar-refractivity contribution < 1.29 is 28.7 Å². The molecule has 1 aliphatic heterocycles. The molecule has 3 heterocycles. The molecule has 204 valence electrons. The predicted octanol–water partition coefficient (Wildman–Crippen LogP) is -1.23. The lowest BCUT2D eigenvalue weighted by molar-refractivity contribution is -0.141. The maximum absolute atomic E-state index is 13.9. The van der Waals surface area contributed by atoms with Crippen molar-refractivity contribution in [3.05, 3.63) is 29.7 Å². The minimum absolute atomic E-state index is 0.0209. The number of anilines is 1. The summed E-state index contributed by atoms with van der Waals surface area (Å²) in [7, 11) is 1.22. The van der Waals surface area contributed by atoms with Gasteiger partial charge in [-0.1, -0.05) is 25.1 Å². The highest BCUT2D eigenvalue weighted by Gasteiger charge is 2.42. The monoisotopic (exact) mass is 529 g/mol. The zero-order valence-electron chi connectivity index (χ0n) is 21.6. The van der Waals surface area contributed by atoms with Gasteiger partial charge in [0.1, 0.15) is 23.9 Å². The van der Waals surface area contributed by atoms with E-state index in [9.17, 15) is 24.0 Å². The number of nitrogens with zero attached hydrogens (tertiary/aromatic N) is 5. The second-order valence-electron chi connectivity index (χ2n) is 9.06. The average Bonchev–Trinajstić information content (AvgIpc) is 3.55. The second kappa shape index (κ2) is 12.7. The molecule has 1 aliphatic rings. The fourth-order valence-electron chi connectivity index (χ4n) is 4.07. The first-order valence-corrected chi connectivity index (χ1v) is 12.0. The molecule has 0 saturated heterocycles. The van der Waals surface area contributed by atoms with Gasteiger partial charge in [-0.3, -0.25) is 28.9 Å². The number of ether oxygens (including phenoxy) is 1. The molecule has 38 heavy (non-hydrogen) atoms. The second-order valence-corrected chi connectivity index (χ2v) is 9.06. The van der Waals surface area contributed by atoms with Gasteiger partial charge in [0.25, 0.3) is 5.91 Å². The van der Waals surface area contributed by atoms with Crippen LogP contribution in [0.15, 0.2) is 18.3 Å². The highest BCUT2D eigenvalue weighted by molar-refractivity contribution is 6.06. The zero-order chi connectivity index (χ0) is 27.8. The van der Waals surface area contributed by atoms with Crippen molar-refractivity contribution in [3.63, 3.8) is 0 Å². The van der Waals surface area contributed by atoms with E-state index in [4.69, 9.17) is 4.74 Å². The number of hydrogen-bond donors (Lipinski definition) is 4. The normalized spacial score (nSPS) is 15.8. The molecule has 15 nitrogen and oxygen atoms in total. The number of aromatic nitrogens is 5. The van der Waals surface area contributed by atoms with Crippen molar-refractivity contribution >= 4 is 35.4 Å². The Bertz CT molecular complexity index is 1170. The molecule has 0 aromatic carbocycles. The molecule has 0 radical (unpaired) electrons. The molecule has 0 fully saturated rings. The summed E-state index contributed by atoms with van der Waals surface area (Å²) in [6.45, 7) is 4.76. The van der Waals surface area contributed by atoms with Crippen LogP contribution < -0.4 is 20.9 Å². The Kier molecular flexibility index (Phi) is 9.40. The number of pyridine rings is 1. The summed E-state index contributed by atoms with van der Waals surface area (Å²) in [4.78, 5) is 69.3. The first-order valence-electron chi connectivity index (χ1n) is 12.0. The first kappa shape index (κ1) is 28.1. The van der Waals surface area contributed by atoms with Gasteiger partial charge in [0.05, 0.1) is 13.7 Å². The third kappa shape index (κ3) is 6.86. The molecule has 2 aromatic rings. The van der Waals surface area contributed by atoms with Crippen LogP contribution in [0.3, 0.4) is 0 Å². The van der Waals surface area contributed by atoms with Crippen LogP contribution in [0.5, 0.6) is 0 Å². The largest absolute Gasteiger partial charge is 0.469 e. The molecule has 2 aromatic heterocycles. The van der Waals surface area contributed by atoms with Crippen molar-refractivity contribution in [1.82, 2.24) is 41.6 Å². The fourth-order valence-corrected chi connectivity index (χ4v) is 4.07. The molecule has 4 N–H and O–H groups in total. The summed E-state index contributed by atoms with van der Waals surface area (Å²) in [5.41, 5.74) is 0.664. The van der Waals surface area contributed by atoms with E-state index in [1.807, 2.05) is 0 Å². The van der Waals surface area contributed by atoms with Gasteiger partial charge in [-0.05, 0) is 24.0 Å². The zero-order valence-corrected chi connectivity index (χ0v) is 21.6. The third-order valence-electron chi connectivity index (χ3n) is 5.96. The van der Waals surface area contributed by atoms with Gasteiger partial charge in [0.2, 0.25) is 17.7 Å². The summed E-state index contributed by atoms with van der Waals surface area (Å²) in [6, 6.07) is 0.338. The van der Waals surface area contributed by atoms with E-state index >= 15 is 0 Å². The molecular weight excluding hydrogens is 498 g/mol. The fraction of sp³-hybridized carbons (Fsp3) is 0.522. The predicted molar refractivity (Wildman–Crippen MR) is 131 cm³/mol. The average molecular weight is 530 g/mol. The Morgan fingerprint density at radius 2 is 1.97 bits per heavy atom. The number of aromatic amines is 1. The Morgan fingerprint density at radius 1 is 1.21 bits per heavy atom. The molecule has 4 amide bonds. The van der Waals surface area contributed by atoms with Crippen molar-refractivity contribution in [3.8, 4) is 0 Å². The van der Waals surface area contributed by atoms with E-state index in [1.165, 1.54) is 25.1 Å². The molecule has 0 saturated carbocycles.